The molecule has 2 aromatic heterocycles. The Bertz CT molecular complexity index is 427. The molecule has 3 rings (SSSR count). The number of hydrogen-bond acceptors (Lipinski definition) is 4. The largest absolute Gasteiger partial charge is 0.390 e. The first-order valence-electron chi connectivity index (χ1n) is 3.99. The number of thiophene rings is 1. The van der Waals surface area contributed by atoms with Crippen molar-refractivity contribution in [1.82, 2.24) is 5.16 Å². The van der Waals surface area contributed by atoms with Crippen molar-refractivity contribution in [3.8, 4) is 0 Å². The molecule has 0 spiro atoms. The van der Waals surface area contributed by atoms with E-state index in [-0.39, 0.29) is 0 Å². The van der Waals surface area contributed by atoms with Gasteiger partial charge < -0.3 is 10.3 Å². The van der Waals surface area contributed by atoms with Crippen molar-refractivity contribution in [2.75, 3.05) is 5.73 Å². The van der Waals surface area contributed by atoms with Crippen LogP contribution in [0.4, 0.5) is 5.00 Å². The lowest BCUT2D eigenvalue weighted by molar-refractivity contribution is 0.446. The standard InChI is InChI=1S/C8H8N2OS/c9-6-3-5-8(12-6)7(10-11-5)4-1-2-4/h3-4H,1-2,9H2. The molecule has 4 heteroatoms. The van der Waals surface area contributed by atoms with E-state index in [2.05, 4.69) is 5.16 Å². The molecule has 0 aliphatic heterocycles. The Kier molecular flexibility index (Phi) is 1.09. The lowest BCUT2D eigenvalue weighted by Gasteiger charge is -1.84. The van der Waals surface area contributed by atoms with E-state index in [1.807, 2.05) is 6.07 Å². The van der Waals surface area contributed by atoms with Crippen LogP contribution in [0.15, 0.2) is 10.6 Å². The molecule has 1 aliphatic rings. The number of nitrogens with two attached hydrogens (primary N) is 1. The van der Waals surface area contributed by atoms with Gasteiger partial charge in [0, 0.05) is 12.0 Å². The van der Waals surface area contributed by atoms with E-state index in [9.17, 15) is 0 Å². The Labute approximate surface area is 73.1 Å². The first-order valence-corrected chi connectivity index (χ1v) is 4.81. The average Bonchev–Trinajstić information content (AvgIpc) is 2.69. The van der Waals surface area contributed by atoms with Gasteiger partial charge in [0.1, 0.15) is 5.69 Å². The van der Waals surface area contributed by atoms with Crippen molar-refractivity contribution in [2.45, 2.75) is 18.8 Å². The van der Waals surface area contributed by atoms with Crippen molar-refractivity contribution in [2.24, 2.45) is 0 Å². The number of hydrogen-bond donors (Lipinski definition) is 1. The normalized spacial score (nSPS) is 17.3. The van der Waals surface area contributed by atoms with Gasteiger partial charge in [0.15, 0.2) is 5.58 Å². The van der Waals surface area contributed by atoms with Crippen LogP contribution >= 0.6 is 11.3 Å². The summed E-state index contributed by atoms with van der Waals surface area (Å²) in [7, 11) is 0. The highest BCUT2D eigenvalue weighted by atomic mass is 32.1. The number of nitrogen functional groups attached to an aromatic ring is 1. The zero-order valence-corrected chi connectivity index (χ0v) is 7.23. The van der Waals surface area contributed by atoms with Gasteiger partial charge in [-0.1, -0.05) is 5.16 Å². The van der Waals surface area contributed by atoms with Crippen molar-refractivity contribution in [3.63, 3.8) is 0 Å². The Morgan fingerprint density at radius 3 is 3.17 bits per heavy atom. The molecule has 0 bridgehead atoms. The zero-order chi connectivity index (χ0) is 8.13. The first kappa shape index (κ1) is 6.48. The van der Waals surface area contributed by atoms with E-state index in [0.29, 0.717) is 5.92 Å². The molecule has 0 atom stereocenters. The molecule has 3 nitrogen and oxygen atoms in total. The molecule has 2 heterocycles. The van der Waals surface area contributed by atoms with Gasteiger partial charge >= 0.3 is 0 Å². The summed E-state index contributed by atoms with van der Waals surface area (Å²) in [5.41, 5.74) is 7.62. The smallest absolute Gasteiger partial charge is 0.180 e. The maximum atomic E-state index is 5.66. The predicted octanol–water partition coefficient (Wildman–Crippen LogP) is 2.35. The third-order valence-corrected chi connectivity index (χ3v) is 3.12. The van der Waals surface area contributed by atoms with Crippen LogP contribution in [0, 0.1) is 0 Å². The molecule has 0 aromatic carbocycles. The fraction of sp³-hybridized carbons (Fsp3) is 0.375. The van der Waals surface area contributed by atoms with E-state index in [4.69, 9.17) is 10.3 Å². The summed E-state index contributed by atoms with van der Waals surface area (Å²) in [5.74, 6) is 0.643. The molecule has 2 aromatic rings. The summed E-state index contributed by atoms with van der Waals surface area (Å²) < 4.78 is 6.30. The minimum atomic E-state index is 0.643. The molecule has 2 N–H and O–H groups in total. The number of anilines is 1. The maximum Gasteiger partial charge on any atom is 0.180 e. The molecule has 1 aliphatic carbocycles. The topological polar surface area (TPSA) is 52.0 Å². The molecular formula is C8H8N2OS. The van der Waals surface area contributed by atoms with Gasteiger partial charge in [0.25, 0.3) is 0 Å². The number of rotatable bonds is 1. The van der Waals surface area contributed by atoms with Crippen molar-refractivity contribution >= 4 is 26.6 Å². The minimum Gasteiger partial charge on any atom is -0.390 e. The monoisotopic (exact) mass is 180 g/mol. The summed E-state index contributed by atoms with van der Waals surface area (Å²) >= 11 is 1.58. The highest BCUT2D eigenvalue weighted by molar-refractivity contribution is 7.22. The predicted molar refractivity (Wildman–Crippen MR) is 48.3 cm³/mol. The second kappa shape index (κ2) is 2.01. The number of aromatic nitrogens is 1. The van der Waals surface area contributed by atoms with Gasteiger partial charge in [-0.2, -0.15) is 0 Å². The van der Waals surface area contributed by atoms with Crippen LogP contribution in [0.5, 0.6) is 0 Å². The molecule has 0 saturated heterocycles. The van der Waals surface area contributed by atoms with E-state index in [1.54, 1.807) is 11.3 Å². The average molecular weight is 180 g/mol. The van der Waals surface area contributed by atoms with E-state index in [1.165, 1.54) is 12.8 Å². The van der Waals surface area contributed by atoms with Crippen LogP contribution in [-0.2, 0) is 0 Å². The Hall–Kier alpha value is -1.03. The zero-order valence-electron chi connectivity index (χ0n) is 6.41. The highest BCUT2D eigenvalue weighted by Gasteiger charge is 2.29. The molecule has 0 amide bonds. The van der Waals surface area contributed by atoms with E-state index < -0.39 is 0 Å². The van der Waals surface area contributed by atoms with E-state index >= 15 is 0 Å². The quantitative estimate of drug-likeness (QED) is 0.732. The summed E-state index contributed by atoms with van der Waals surface area (Å²) in [4.78, 5) is 0. The first-order chi connectivity index (χ1) is 5.84. The second-order valence-electron chi connectivity index (χ2n) is 3.18. The third-order valence-electron chi connectivity index (χ3n) is 2.16. The number of fused-ring (bicyclic) bond motifs is 1. The SMILES string of the molecule is Nc1cc2onc(C3CC3)c2s1. The van der Waals surface area contributed by atoms with Gasteiger partial charge in [0.05, 0.1) is 9.70 Å². The third kappa shape index (κ3) is 0.783. The molecular weight excluding hydrogens is 172 g/mol. The fourth-order valence-electron chi connectivity index (χ4n) is 1.40. The second-order valence-corrected chi connectivity index (χ2v) is 4.27. The maximum absolute atomic E-state index is 5.66. The van der Waals surface area contributed by atoms with Crippen molar-refractivity contribution < 1.29 is 4.52 Å². The Morgan fingerprint density at radius 1 is 1.58 bits per heavy atom. The van der Waals surface area contributed by atoms with Crippen LogP contribution in [0.25, 0.3) is 10.3 Å². The molecule has 1 saturated carbocycles. The van der Waals surface area contributed by atoms with Crippen molar-refractivity contribution in [3.05, 3.63) is 11.8 Å². The van der Waals surface area contributed by atoms with Crippen LogP contribution in [0.2, 0.25) is 0 Å². The summed E-state index contributed by atoms with van der Waals surface area (Å²) in [5, 5.41) is 4.85. The molecule has 0 unspecified atom stereocenters. The Balaban J connectivity index is 2.28. The lowest BCUT2D eigenvalue weighted by atomic mass is 10.3. The molecule has 1 fully saturated rings. The van der Waals surface area contributed by atoms with Crippen molar-refractivity contribution in [1.29, 1.82) is 0 Å². The van der Waals surface area contributed by atoms with Gasteiger partial charge in [0.2, 0.25) is 0 Å². The highest BCUT2D eigenvalue weighted by Crippen LogP contribution is 2.44. The van der Waals surface area contributed by atoms with E-state index in [0.717, 1.165) is 21.0 Å². The minimum absolute atomic E-state index is 0.643. The fourth-order valence-corrected chi connectivity index (χ4v) is 2.30. The molecule has 12 heavy (non-hydrogen) atoms. The van der Waals surface area contributed by atoms with Gasteiger partial charge in [-0.25, -0.2) is 0 Å². The summed E-state index contributed by atoms with van der Waals surface area (Å²) in [6.07, 6.45) is 2.50. The number of nitrogens with zero attached hydrogens (tertiary/aromatic N) is 1. The van der Waals surface area contributed by atoms with Crippen LogP contribution < -0.4 is 5.73 Å². The summed E-state index contributed by atoms with van der Waals surface area (Å²) in [6.45, 7) is 0. The Morgan fingerprint density at radius 2 is 2.42 bits per heavy atom. The lowest BCUT2D eigenvalue weighted by Crippen LogP contribution is -1.76. The van der Waals surface area contributed by atoms with Crippen LogP contribution in [0.3, 0.4) is 0 Å². The summed E-state index contributed by atoms with van der Waals surface area (Å²) in [6, 6.07) is 1.85. The van der Waals surface area contributed by atoms with Crippen LogP contribution in [-0.4, -0.2) is 5.16 Å². The molecule has 0 radical (unpaired) electrons. The van der Waals surface area contributed by atoms with Gasteiger partial charge in [-0.05, 0) is 12.8 Å². The molecule has 62 valence electrons. The van der Waals surface area contributed by atoms with Gasteiger partial charge in [-0.3, -0.25) is 0 Å². The van der Waals surface area contributed by atoms with Gasteiger partial charge in [-0.15, -0.1) is 11.3 Å². The van der Waals surface area contributed by atoms with Crippen LogP contribution in [0.1, 0.15) is 24.5 Å².